The van der Waals surface area contributed by atoms with E-state index in [0.29, 0.717) is 12.5 Å². The molecule has 1 aromatic heterocycles. The van der Waals surface area contributed by atoms with Gasteiger partial charge in [-0.25, -0.2) is 0 Å². The molecule has 1 aromatic carbocycles. The zero-order valence-corrected chi connectivity index (χ0v) is 12.9. The van der Waals surface area contributed by atoms with Gasteiger partial charge in [0, 0.05) is 0 Å². The number of aryl methyl sites for hydroxylation is 1. The molecule has 2 heterocycles. The Hall–Kier alpha value is -1.59. The number of aromatic nitrogens is 2. The topological polar surface area (TPSA) is 60.2 Å². The molecule has 1 atom stereocenters. The number of ether oxygens (including phenoxy) is 1. The summed E-state index contributed by atoms with van der Waals surface area (Å²) in [5, 5.41) is 7.44. The van der Waals surface area contributed by atoms with E-state index in [1.165, 1.54) is 18.4 Å². The molecule has 1 aliphatic heterocycles. The number of piperidine rings is 1. The fraction of sp³-hybridized carbons (Fsp3) is 0.467. The van der Waals surface area contributed by atoms with Gasteiger partial charge in [0.05, 0.1) is 6.04 Å². The first-order chi connectivity index (χ1) is 9.81. The predicted octanol–water partition coefficient (Wildman–Crippen LogP) is 3.19. The predicted molar refractivity (Wildman–Crippen MR) is 81.7 cm³/mol. The number of hydrogen-bond donors (Lipinski definition) is 1. The molecule has 2 aromatic rings. The third-order valence-electron chi connectivity index (χ3n) is 3.49. The zero-order chi connectivity index (χ0) is 13.8. The smallest absolute Gasteiger partial charge is 0.264 e. The van der Waals surface area contributed by atoms with Gasteiger partial charge >= 0.3 is 0 Å². The Morgan fingerprint density at radius 3 is 2.81 bits per heavy atom. The van der Waals surface area contributed by atoms with Crippen molar-refractivity contribution in [3.05, 3.63) is 41.5 Å². The Morgan fingerprint density at radius 1 is 1.29 bits per heavy atom. The van der Waals surface area contributed by atoms with E-state index in [-0.39, 0.29) is 18.4 Å². The van der Waals surface area contributed by atoms with E-state index in [4.69, 9.17) is 9.26 Å². The third-order valence-corrected chi connectivity index (χ3v) is 3.49. The van der Waals surface area contributed by atoms with Crippen LogP contribution in [0.2, 0.25) is 0 Å². The van der Waals surface area contributed by atoms with Crippen molar-refractivity contribution in [1.29, 1.82) is 0 Å². The van der Waals surface area contributed by atoms with Crippen LogP contribution in [-0.2, 0) is 6.61 Å². The van der Waals surface area contributed by atoms with Crippen molar-refractivity contribution in [2.45, 2.75) is 38.8 Å². The summed E-state index contributed by atoms with van der Waals surface area (Å²) in [4.78, 5) is 4.40. The number of nitrogens with zero attached hydrogens (tertiary/aromatic N) is 2. The Labute approximate surface area is 130 Å². The maximum Gasteiger partial charge on any atom is 0.264 e. The summed E-state index contributed by atoms with van der Waals surface area (Å²) in [6.45, 7) is 3.38. The summed E-state index contributed by atoms with van der Waals surface area (Å²) in [5.74, 6) is 2.08. The van der Waals surface area contributed by atoms with E-state index in [9.17, 15) is 0 Å². The molecule has 0 saturated carbocycles. The highest BCUT2D eigenvalue weighted by Gasteiger charge is 2.20. The van der Waals surface area contributed by atoms with Gasteiger partial charge in [-0.3, -0.25) is 0 Å². The summed E-state index contributed by atoms with van der Waals surface area (Å²) >= 11 is 0. The van der Waals surface area contributed by atoms with Crippen molar-refractivity contribution in [2.24, 2.45) is 0 Å². The van der Waals surface area contributed by atoms with Crippen LogP contribution in [-0.4, -0.2) is 16.7 Å². The van der Waals surface area contributed by atoms with Crippen LogP contribution in [0.1, 0.15) is 42.6 Å². The molecule has 0 bridgehead atoms. The second-order valence-corrected chi connectivity index (χ2v) is 5.15. The van der Waals surface area contributed by atoms with Crippen LogP contribution < -0.4 is 10.1 Å². The molecule has 5 nitrogen and oxygen atoms in total. The molecule has 1 unspecified atom stereocenters. The van der Waals surface area contributed by atoms with Gasteiger partial charge in [-0.15, -0.1) is 12.4 Å². The second-order valence-electron chi connectivity index (χ2n) is 5.15. The molecule has 3 rings (SSSR count). The Bertz CT molecular complexity index is 550. The molecule has 6 heteroatoms. The number of benzene rings is 1. The van der Waals surface area contributed by atoms with Crippen LogP contribution in [0.5, 0.6) is 5.75 Å². The van der Waals surface area contributed by atoms with E-state index in [2.05, 4.69) is 15.5 Å². The standard InChI is InChI=1S/C15H19N3O2.ClH/c1-11-5-7-12(8-6-11)19-10-14-17-15(18-20-14)13-4-2-3-9-16-13;/h5-8,13,16H,2-4,9-10H2,1H3;1H. The second kappa shape index (κ2) is 7.43. The van der Waals surface area contributed by atoms with Gasteiger partial charge in [-0.1, -0.05) is 29.3 Å². The summed E-state index contributed by atoms with van der Waals surface area (Å²) in [6, 6.07) is 8.13. The minimum Gasteiger partial charge on any atom is -0.484 e. The first kappa shape index (κ1) is 15.8. The van der Waals surface area contributed by atoms with E-state index in [1.807, 2.05) is 31.2 Å². The van der Waals surface area contributed by atoms with Crippen LogP contribution in [0, 0.1) is 6.92 Å². The summed E-state index contributed by atoms with van der Waals surface area (Å²) in [6.07, 6.45) is 3.50. The van der Waals surface area contributed by atoms with E-state index < -0.39 is 0 Å². The minimum atomic E-state index is 0. The van der Waals surface area contributed by atoms with Gasteiger partial charge in [0.2, 0.25) is 0 Å². The number of nitrogens with one attached hydrogen (secondary N) is 1. The molecular weight excluding hydrogens is 290 g/mol. The minimum absolute atomic E-state index is 0. The van der Waals surface area contributed by atoms with Crippen molar-refractivity contribution in [1.82, 2.24) is 15.5 Å². The van der Waals surface area contributed by atoms with Crippen LogP contribution >= 0.6 is 12.4 Å². The van der Waals surface area contributed by atoms with Gasteiger partial charge < -0.3 is 14.6 Å². The van der Waals surface area contributed by atoms with Gasteiger partial charge in [0.25, 0.3) is 5.89 Å². The summed E-state index contributed by atoms with van der Waals surface area (Å²) < 4.78 is 10.9. The summed E-state index contributed by atoms with van der Waals surface area (Å²) in [5.41, 5.74) is 1.21. The van der Waals surface area contributed by atoms with Crippen molar-refractivity contribution < 1.29 is 9.26 Å². The lowest BCUT2D eigenvalue weighted by atomic mass is 10.0. The fourth-order valence-corrected chi connectivity index (χ4v) is 2.32. The van der Waals surface area contributed by atoms with Crippen molar-refractivity contribution in [2.75, 3.05) is 6.54 Å². The Kier molecular flexibility index (Phi) is 5.59. The maximum atomic E-state index is 5.63. The Morgan fingerprint density at radius 2 is 2.10 bits per heavy atom. The molecule has 0 spiro atoms. The maximum absolute atomic E-state index is 5.63. The third kappa shape index (κ3) is 4.19. The molecule has 114 valence electrons. The van der Waals surface area contributed by atoms with Gasteiger partial charge in [-0.05, 0) is 38.4 Å². The highest BCUT2D eigenvalue weighted by Crippen LogP contribution is 2.20. The normalized spacial score (nSPS) is 18.0. The molecular formula is C15H20ClN3O2. The van der Waals surface area contributed by atoms with Crippen molar-refractivity contribution in [3.8, 4) is 5.75 Å². The van der Waals surface area contributed by atoms with Crippen LogP contribution in [0.3, 0.4) is 0 Å². The first-order valence-corrected chi connectivity index (χ1v) is 7.06. The number of hydrogen-bond acceptors (Lipinski definition) is 5. The molecule has 1 fully saturated rings. The largest absolute Gasteiger partial charge is 0.484 e. The van der Waals surface area contributed by atoms with Crippen molar-refractivity contribution >= 4 is 12.4 Å². The van der Waals surface area contributed by atoms with Crippen LogP contribution in [0.25, 0.3) is 0 Å². The lowest BCUT2D eigenvalue weighted by Crippen LogP contribution is -2.27. The SMILES string of the molecule is Cc1ccc(OCc2nc(C3CCCCN3)no2)cc1.Cl. The molecule has 1 saturated heterocycles. The quantitative estimate of drug-likeness (QED) is 0.940. The average Bonchev–Trinajstić information content (AvgIpc) is 2.97. The highest BCUT2D eigenvalue weighted by molar-refractivity contribution is 5.85. The summed E-state index contributed by atoms with van der Waals surface area (Å²) in [7, 11) is 0. The number of halogens is 1. The van der Waals surface area contributed by atoms with Crippen LogP contribution in [0.4, 0.5) is 0 Å². The molecule has 0 radical (unpaired) electrons. The molecule has 1 N–H and O–H groups in total. The van der Waals surface area contributed by atoms with Crippen molar-refractivity contribution in [3.63, 3.8) is 0 Å². The highest BCUT2D eigenvalue weighted by atomic mass is 35.5. The first-order valence-electron chi connectivity index (χ1n) is 7.06. The lowest BCUT2D eigenvalue weighted by molar-refractivity contribution is 0.241. The molecule has 0 aliphatic carbocycles. The molecule has 1 aliphatic rings. The van der Waals surface area contributed by atoms with E-state index in [1.54, 1.807) is 0 Å². The number of rotatable bonds is 4. The van der Waals surface area contributed by atoms with Gasteiger partial charge in [0.1, 0.15) is 5.75 Å². The van der Waals surface area contributed by atoms with Crippen LogP contribution in [0.15, 0.2) is 28.8 Å². The lowest BCUT2D eigenvalue weighted by Gasteiger charge is -2.19. The average molecular weight is 310 g/mol. The van der Waals surface area contributed by atoms with Gasteiger partial charge in [-0.2, -0.15) is 4.98 Å². The fourth-order valence-electron chi connectivity index (χ4n) is 2.32. The Balaban J connectivity index is 0.00000161. The molecule has 21 heavy (non-hydrogen) atoms. The molecule has 0 amide bonds. The monoisotopic (exact) mass is 309 g/mol. The zero-order valence-electron chi connectivity index (χ0n) is 12.0. The van der Waals surface area contributed by atoms with E-state index >= 15 is 0 Å². The van der Waals surface area contributed by atoms with Gasteiger partial charge in [0.15, 0.2) is 12.4 Å². The van der Waals surface area contributed by atoms with E-state index in [0.717, 1.165) is 24.5 Å².